The molecule has 0 unspecified atom stereocenters. The molecule has 6 rings (SSSR count). The Hall–Kier alpha value is -4.56. The first-order valence-electron chi connectivity index (χ1n) is 14.7. The van der Waals surface area contributed by atoms with Crippen LogP contribution in [0.25, 0.3) is 11.1 Å². The monoisotopic (exact) mass is 578 g/mol. The third kappa shape index (κ3) is 5.16. The molecular formula is C35H38N4O4. The molecule has 0 bridgehead atoms. The molecule has 4 aromatic rings. The molecule has 0 atom stereocenters. The van der Waals surface area contributed by atoms with Crippen LogP contribution in [0, 0.1) is 0 Å². The number of benzene rings is 3. The topological polar surface area (TPSA) is 76.0 Å². The normalized spacial score (nSPS) is 15.6. The molecule has 3 heterocycles. The summed E-state index contributed by atoms with van der Waals surface area (Å²) in [6, 6.07) is 25.1. The first-order valence-corrected chi connectivity index (χ1v) is 14.7. The van der Waals surface area contributed by atoms with Crippen LogP contribution >= 0.6 is 0 Å². The van der Waals surface area contributed by atoms with Gasteiger partial charge in [-0.05, 0) is 80.9 Å². The van der Waals surface area contributed by atoms with Crippen LogP contribution in [0.5, 0.6) is 11.5 Å². The van der Waals surface area contributed by atoms with Gasteiger partial charge in [0.05, 0.1) is 27.3 Å². The SMILES string of the molecule is COc1ccccc1-c1ccc(C(=O)N2Cc3ccc(C(=O)N(C)C4(C)CCNCC4)n3Cc3ccccc32)cc1OC. The third-order valence-corrected chi connectivity index (χ3v) is 9.11. The minimum Gasteiger partial charge on any atom is -0.496 e. The number of carbonyl (C=O) groups excluding carboxylic acids is 2. The molecule has 0 spiro atoms. The highest BCUT2D eigenvalue weighted by molar-refractivity contribution is 6.07. The summed E-state index contributed by atoms with van der Waals surface area (Å²) in [6.45, 7) is 4.81. The van der Waals surface area contributed by atoms with E-state index < -0.39 is 0 Å². The van der Waals surface area contributed by atoms with Crippen molar-refractivity contribution in [3.8, 4) is 22.6 Å². The minimum atomic E-state index is -0.202. The Bertz CT molecular complexity index is 1670. The largest absolute Gasteiger partial charge is 0.496 e. The van der Waals surface area contributed by atoms with Crippen LogP contribution in [0.3, 0.4) is 0 Å². The summed E-state index contributed by atoms with van der Waals surface area (Å²) in [7, 11) is 5.16. The van der Waals surface area contributed by atoms with Gasteiger partial charge in [-0.25, -0.2) is 0 Å². The fourth-order valence-electron chi connectivity index (χ4n) is 6.32. The van der Waals surface area contributed by atoms with E-state index in [0.717, 1.165) is 59.8 Å². The highest BCUT2D eigenvalue weighted by Crippen LogP contribution is 2.38. The highest BCUT2D eigenvalue weighted by Gasteiger charge is 2.36. The van der Waals surface area contributed by atoms with Crippen molar-refractivity contribution in [2.24, 2.45) is 0 Å². The molecule has 1 saturated heterocycles. The second-order valence-electron chi connectivity index (χ2n) is 11.5. The number of hydrogen-bond acceptors (Lipinski definition) is 5. The van der Waals surface area contributed by atoms with Gasteiger partial charge in [-0.3, -0.25) is 9.59 Å². The second kappa shape index (κ2) is 11.6. The molecular weight excluding hydrogens is 540 g/mol. The zero-order chi connectivity index (χ0) is 30.1. The van der Waals surface area contributed by atoms with Gasteiger partial charge in [0, 0.05) is 40.7 Å². The van der Waals surface area contributed by atoms with Gasteiger partial charge in [-0.2, -0.15) is 0 Å². The van der Waals surface area contributed by atoms with Crippen molar-refractivity contribution < 1.29 is 19.1 Å². The van der Waals surface area contributed by atoms with Crippen LogP contribution in [0.4, 0.5) is 5.69 Å². The molecule has 2 aliphatic heterocycles. The van der Waals surface area contributed by atoms with Crippen LogP contribution in [0.1, 0.15) is 51.9 Å². The van der Waals surface area contributed by atoms with Gasteiger partial charge in [0.25, 0.3) is 11.8 Å². The summed E-state index contributed by atoms with van der Waals surface area (Å²) >= 11 is 0. The average Bonchev–Trinajstić information content (AvgIpc) is 3.36. The van der Waals surface area contributed by atoms with Crippen molar-refractivity contribution in [1.29, 1.82) is 0 Å². The summed E-state index contributed by atoms with van der Waals surface area (Å²) in [4.78, 5) is 31.8. The maximum atomic E-state index is 14.2. The Labute approximate surface area is 252 Å². The van der Waals surface area contributed by atoms with Gasteiger partial charge in [0.2, 0.25) is 0 Å². The van der Waals surface area contributed by atoms with E-state index in [1.165, 1.54) is 0 Å². The van der Waals surface area contributed by atoms with Gasteiger partial charge in [0.15, 0.2) is 0 Å². The van der Waals surface area contributed by atoms with Crippen LogP contribution in [-0.4, -0.2) is 61.2 Å². The lowest BCUT2D eigenvalue weighted by molar-refractivity contribution is 0.0509. The van der Waals surface area contributed by atoms with Crippen molar-refractivity contribution in [1.82, 2.24) is 14.8 Å². The molecule has 2 amide bonds. The number of methoxy groups -OCH3 is 2. The van der Waals surface area contributed by atoms with Gasteiger partial charge in [0.1, 0.15) is 17.2 Å². The number of carbonyl (C=O) groups is 2. The van der Waals surface area contributed by atoms with E-state index in [1.54, 1.807) is 25.2 Å². The lowest BCUT2D eigenvalue weighted by Crippen LogP contribution is -2.53. The van der Waals surface area contributed by atoms with Crippen LogP contribution < -0.4 is 19.7 Å². The van der Waals surface area contributed by atoms with E-state index >= 15 is 0 Å². The van der Waals surface area contributed by atoms with Crippen molar-refractivity contribution in [2.75, 3.05) is 39.3 Å². The second-order valence-corrected chi connectivity index (χ2v) is 11.5. The molecule has 1 aromatic heterocycles. The number of fused-ring (bicyclic) bond motifs is 2. The van der Waals surface area contributed by atoms with Crippen molar-refractivity contribution in [3.05, 3.63) is 101 Å². The fraction of sp³-hybridized carbons (Fsp3) is 0.314. The highest BCUT2D eigenvalue weighted by atomic mass is 16.5. The number of hydrogen-bond donors (Lipinski definition) is 1. The molecule has 0 radical (unpaired) electrons. The minimum absolute atomic E-state index is 0.00423. The number of para-hydroxylation sites is 2. The molecule has 0 saturated carbocycles. The molecule has 0 aliphatic carbocycles. The first kappa shape index (κ1) is 28.6. The molecule has 8 nitrogen and oxygen atoms in total. The first-order chi connectivity index (χ1) is 20.8. The number of aromatic nitrogens is 1. The molecule has 1 fully saturated rings. The zero-order valence-electron chi connectivity index (χ0n) is 25.2. The summed E-state index contributed by atoms with van der Waals surface area (Å²) in [5.41, 5.74) is 5.41. The Morgan fingerprint density at radius 3 is 2.30 bits per heavy atom. The summed E-state index contributed by atoms with van der Waals surface area (Å²) in [6.07, 6.45) is 1.82. The summed E-state index contributed by atoms with van der Waals surface area (Å²) in [5.74, 6) is 1.18. The van der Waals surface area contributed by atoms with Gasteiger partial charge >= 0.3 is 0 Å². The maximum Gasteiger partial charge on any atom is 0.270 e. The fourth-order valence-corrected chi connectivity index (χ4v) is 6.32. The number of nitrogens with one attached hydrogen (secondary N) is 1. The van der Waals surface area contributed by atoms with Crippen molar-refractivity contribution in [2.45, 2.75) is 38.4 Å². The van der Waals surface area contributed by atoms with Gasteiger partial charge in [-0.15, -0.1) is 0 Å². The number of ether oxygens (including phenoxy) is 2. The quantitative estimate of drug-likeness (QED) is 0.323. The smallest absolute Gasteiger partial charge is 0.270 e. The van der Waals surface area contributed by atoms with Crippen LogP contribution in [0.15, 0.2) is 78.9 Å². The Morgan fingerprint density at radius 2 is 1.53 bits per heavy atom. The van der Waals surface area contributed by atoms with Crippen molar-refractivity contribution >= 4 is 17.5 Å². The molecule has 3 aromatic carbocycles. The lowest BCUT2D eigenvalue weighted by Gasteiger charge is -2.42. The van der Waals surface area contributed by atoms with Crippen LogP contribution in [0.2, 0.25) is 0 Å². The molecule has 43 heavy (non-hydrogen) atoms. The van der Waals surface area contributed by atoms with E-state index in [1.807, 2.05) is 84.7 Å². The zero-order valence-corrected chi connectivity index (χ0v) is 25.2. The Balaban J connectivity index is 1.35. The molecule has 8 heteroatoms. The van der Waals surface area contributed by atoms with Crippen LogP contribution in [-0.2, 0) is 13.1 Å². The van der Waals surface area contributed by atoms with E-state index in [-0.39, 0.29) is 17.4 Å². The Morgan fingerprint density at radius 1 is 0.837 bits per heavy atom. The molecule has 1 N–H and O–H groups in total. The average molecular weight is 579 g/mol. The van der Waals surface area contributed by atoms with E-state index in [9.17, 15) is 9.59 Å². The predicted molar refractivity (Wildman–Crippen MR) is 168 cm³/mol. The third-order valence-electron chi connectivity index (χ3n) is 9.11. The van der Waals surface area contributed by atoms with Gasteiger partial charge < -0.3 is 29.2 Å². The molecule has 222 valence electrons. The Kier molecular flexibility index (Phi) is 7.71. The van der Waals surface area contributed by atoms with E-state index in [2.05, 4.69) is 16.8 Å². The number of rotatable bonds is 6. The van der Waals surface area contributed by atoms with E-state index in [0.29, 0.717) is 30.1 Å². The van der Waals surface area contributed by atoms with Crippen molar-refractivity contribution in [3.63, 3.8) is 0 Å². The molecule has 2 aliphatic rings. The summed E-state index contributed by atoms with van der Waals surface area (Å²) in [5, 5.41) is 3.40. The van der Waals surface area contributed by atoms with Gasteiger partial charge in [-0.1, -0.05) is 36.4 Å². The standard InChI is InChI=1S/C35H38N4O4/c1-35(17-19-36-20-18-35)37(2)34(41)30-16-14-26-23-39(29-11-7-5-9-25(29)22-38(26)30)33(40)24-13-15-28(32(21-24)43-4)27-10-6-8-12-31(27)42-3/h5-16,21,36H,17-20,22-23H2,1-4H3. The van der Waals surface area contributed by atoms with E-state index in [4.69, 9.17) is 9.47 Å². The number of nitrogens with zero attached hydrogens (tertiary/aromatic N) is 3. The maximum absolute atomic E-state index is 14.2. The lowest BCUT2D eigenvalue weighted by atomic mass is 9.88. The number of piperidine rings is 1. The number of amides is 2. The number of anilines is 1. The summed E-state index contributed by atoms with van der Waals surface area (Å²) < 4.78 is 13.4. The predicted octanol–water partition coefficient (Wildman–Crippen LogP) is 5.60.